The van der Waals surface area contributed by atoms with Crippen LogP contribution in [0.4, 0.5) is 0 Å². The predicted molar refractivity (Wildman–Crippen MR) is 105 cm³/mol. The number of hydrogen-bond donors (Lipinski definition) is 1. The van der Waals surface area contributed by atoms with Gasteiger partial charge in [0.05, 0.1) is 0 Å². The first kappa shape index (κ1) is 16.0. The van der Waals surface area contributed by atoms with E-state index in [1.54, 1.807) is 13.1 Å². The van der Waals surface area contributed by atoms with Crippen LogP contribution in [0.1, 0.15) is 12.5 Å². The summed E-state index contributed by atoms with van der Waals surface area (Å²) in [4.78, 5) is 12.3. The van der Waals surface area contributed by atoms with Gasteiger partial charge >= 0.3 is 0 Å². The summed E-state index contributed by atoms with van der Waals surface area (Å²) in [6, 6.07) is 14.0. The van der Waals surface area contributed by atoms with Gasteiger partial charge in [-0.3, -0.25) is 4.79 Å². The molecule has 0 spiro atoms. The van der Waals surface area contributed by atoms with Gasteiger partial charge in [0.25, 0.3) is 0 Å². The molecule has 3 aromatic rings. The molecule has 1 aliphatic rings. The van der Waals surface area contributed by atoms with Gasteiger partial charge in [0, 0.05) is 28.4 Å². The van der Waals surface area contributed by atoms with E-state index in [2.05, 4.69) is 47.1 Å². The lowest BCUT2D eigenvalue weighted by Crippen LogP contribution is -2.34. The standard InChI is InChI=1S/C20H18N2O2S/c1-3-22-15-7-5-4-6-13(15)14-10-12(8-9-16(14)22)11-17-19(23)18(21-2)20(25)24-17/h4-11,18,21H,3H2,1-2H3/b17-11+. The van der Waals surface area contributed by atoms with E-state index in [1.165, 1.54) is 21.8 Å². The molecule has 2 heterocycles. The maximum atomic E-state index is 12.3. The highest BCUT2D eigenvalue weighted by atomic mass is 32.1. The Balaban J connectivity index is 1.85. The summed E-state index contributed by atoms with van der Waals surface area (Å²) in [7, 11) is 1.70. The van der Waals surface area contributed by atoms with E-state index in [4.69, 9.17) is 17.0 Å². The predicted octanol–water partition coefficient (Wildman–Crippen LogP) is 3.67. The molecule has 0 amide bonds. The minimum Gasteiger partial charge on any atom is -0.444 e. The van der Waals surface area contributed by atoms with Gasteiger partial charge in [0.15, 0.2) is 10.8 Å². The number of carbonyl (C=O) groups is 1. The van der Waals surface area contributed by atoms with Crippen LogP contribution in [0.25, 0.3) is 27.9 Å². The third kappa shape index (κ3) is 2.47. The number of ketones is 1. The van der Waals surface area contributed by atoms with Crippen LogP contribution in [0.2, 0.25) is 0 Å². The van der Waals surface area contributed by atoms with Crippen molar-refractivity contribution in [1.29, 1.82) is 0 Å². The van der Waals surface area contributed by atoms with E-state index in [9.17, 15) is 4.79 Å². The number of carbonyl (C=O) groups excluding carboxylic acids is 1. The number of fused-ring (bicyclic) bond motifs is 3. The number of benzene rings is 2. The maximum Gasteiger partial charge on any atom is 0.223 e. The molecule has 0 radical (unpaired) electrons. The second-order valence-electron chi connectivity index (χ2n) is 6.05. The Morgan fingerprint density at radius 3 is 2.68 bits per heavy atom. The molecule has 1 unspecified atom stereocenters. The largest absolute Gasteiger partial charge is 0.444 e. The van der Waals surface area contributed by atoms with Crippen molar-refractivity contribution < 1.29 is 9.53 Å². The third-order valence-corrected chi connectivity index (χ3v) is 4.97. The number of nitrogens with zero attached hydrogens (tertiary/aromatic N) is 1. The first-order valence-corrected chi connectivity index (χ1v) is 8.70. The van der Waals surface area contributed by atoms with Crippen molar-refractivity contribution in [1.82, 2.24) is 9.88 Å². The zero-order chi connectivity index (χ0) is 17.6. The summed E-state index contributed by atoms with van der Waals surface area (Å²) in [5.41, 5.74) is 3.33. The Bertz CT molecular complexity index is 1050. The molecule has 0 aliphatic carbocycles. The van der Waals surface area contributed by atoms with Gasteiger partial charge in [-0.25, -0.2) is 0 Å². The van der Waals surface area contributed by atoms with Crippen LogP contribution in [0.3, 0.4) is 0 Å². The molecule has 25 heavy (non-hydrogen) atoms. The minimum absolute atomic E-state index is 0.122. The zero-order valence-electron chi connectivity index (χ0n) is 14.1. The Kier molecular flexibility index (Phi) is 3.90. The maximum absolute atomic E-state index is 12.3. The van der Waals surface area contributed by atoms with Gasteiger partial charge in [-0.05, 0) is 56.0 Å². The second-order valence-corrected chi connectivity index (χ2v) is 6.46. The number of aryl methyl sites for hydroxylation is 1. The number of hydrogen-bond acceptors (Lipinski definition) is 4. The minimum atomic E-state index is -0.535. The van der Waals surface area contributed by atoms with Crippen LogP contribution in [-0.4, -0.2) is 28.5 Å². The molecule has 1 fully saturated rings. The third-order valence-electron chi connectivity index (χ3n) is 4.65. The summed E-state index contributed by atoms with van der Waals surface area (Å²) in [6.07, 6.45) is 1.77. The van der Waals surface area contributed by atoms with Crippen LogP contribution in [-0.2, 0) is 16.1 Å². The molecule has 1 aromatic heterocycles. The fraction of sp³-hybridized carbons (Fsp3) is 0.200. The lowest BCUT2D eigenvalue weighted by atomic mass is 10.1. The topological polar surface area (TPSA) is 43.3 Å². The molecular formula is C20H18N2O2S. The number of para-hydroxylation sites is 1. The molecule has 4 rings (SSSR count). The van der Waals surface area contributed by atoms with Gasteiger partial charge in [-0.2, -0.15) is 0 Å². The van der Waals surface area contributed by atoms with Crippen molar-refractivity contribution in [2.45, 2.75) is 19.5 Å². The zero-order valence-corrected chi connectivity index (χ0v) is 14.9. The molecule has 1 saturated heterocycles. The van der Waals surface area contributed by atoms with E-state index >= 15 is 0 Å². The SMILES string of the molecule is CCn1c2ccccc2c2cc(/C=C3/OC(=S)C(NC)C3=O)ccc21. The van der Waals surface area contributed by atoms with Crippen molar-refractivity contribution >= 4 is 50.9 Å². The van der Waals surface area contributed by atoms with Crippen LogP contribution >= 0.6 is 12.2 Å². The van der Waals surface area contributed by atoms with E-state index in [1.807, 2.05) is 12.1 Å². The Labute approximate surface area is 151 Å². The highest BCUT2D eigenvalue weighted by molar-refractivity contribution is 7.80. The first-order chi connectivity index (χ1) is 12.1. The molecule has 1 atom stereocenters. The van der Waals surface area contributed by atoms with Gasteiger partial charge in [0.2, 0.25) is 5.78 Å². The Hall–Kier alpha value is -2.50. The highest BCUT2D eigenvalue weighted by Crippen LogP contribution is 2.30. The number of likely N-dealkylation sites (N-methyl/N-ethyl adjacent to an activating group) is 1. The van der Waals surface area contributed by atoms with Crippen molar-refractivity contribution in [2.24, 2.45) is 0 Å². The van der Waals surface area contributed by atoms with Crippen molar-refractivity contribution in [2.75, 3.05) is 7.05 Å². The number of thiocarbonyl (C=S) groups is 1. The quantitative estimate of drug-likeness (QED) is 0.578. The fourth-order valence-corrected chi connectivity index (χ4v) is 3.78. The molecule has 0 saturated carbocycles. The Morgan fingerprint density at radius 2 is 1.96 bits per heavy atom. The second kappa shape index (κ2) is 6.10. The number of rotatable bonds is 3. The summed E-state index contributed by atoms with van der Waals surface area (Å²) in [6.45, 7) is 3.05. The fourth-order valence-electron chi connectivity index (χ4n) is 3.47. The molecule has 126 valence electrons. The van der Waals surface area contributed by atoms with Gasteiger partial charge in [-0.1, -0.05) is 24.3 Å². The molecule has 1 N–H and O–H groups in total. The van der Waals surface area contributed by atoms with E-state index in [-0.39, 0.29) is 10.8 Å². The van der Waals surface area contributed by atoms with Crippen molar-refractivity contribution in [3.63, 3.8) is 0 Å². The monoisotopic (exact) mass is 350 g/mol. The molecule has 1 aliphatic heterocycles. The molecule has 2 aromatic carbocycles. The number of aromatic nitrogens is 1. The van der Waals surface area contributed by atoms with Crippen molar-refractivity contribution in [3.05, 3.63) is 53.8 Å². The smallest absolute Gasteiger partial charge is 0.223 e. The van der Waals surface area contributed by atoms with Crippen molar-refractivity contribution in [3.8, 4) is 0 Å². The van der Waals surface area contributed by atoms with Crippen LogP contribution in [0, 0.1) is 0 Å². The highest BCUT2D eigenvalue weighted by Gasteiger charge is 2.35. The summed E-state index contributed by atoms with van der Waals surface area (Å²) < 4.78 is 7.78. The van der Waals surface area contributed by atoms with Gasteiger partial charge < -0.3 is 14.6 Å². The first-order valence-electron chi connectivity index (χ1n) is 8.30. The van der Waals surface area contributed by atoms with Crippen LogP contribution in [0.15, 0.2) is 48.2 Å². The van der Waals surface area contributed by atoms with Gasteiger partial charge in [0.1, 0.15) is 6.04 Å². The number of Topliss-reactive ketones (excluding diaryl/α,β-unsaturated/α-hetero) is 1. The molecule has 4 nitrogen and oxygen atoms in total. The average molecular weight is 350 g/mol. The van der Waals surface area contributed by atoms with E-state index < -0.39 is 6.04 Å². The Morgan fingerprint density at radius 1 is 1.20 bits per heavy atom. The summed E-state index contributed by atoms with van der Waals surface area (Å²) in [5.74, 6) is 0.173. The van der Waals surface area contributed by atoms with E-state index in [0.717, 1.165) is 12.1 Å². The van der Waals surface area contributed by atoms with Crippen LogP contribution < -0.4 is 5.32 Å². The summed E-state index contributed by atoms with van der Waals surface area (Å²) in [5, 5.41) is 5.55. The van der Waals surface area contributed by atoms with E-state index in [0.29, 0.717) is 5.76 Å². The molecular weight excluding hydrogens is 332 g/mol. The lowest BCUT2D eigenvalue weighted by molar-refractivity contribution is -0.116. The van der Waals surface area contributed by atoms with Crippen LogP contribution in [0.5, 0.6) is 0 Å². The normalized spacial score (nSPS) is 19.3. The number of nitrogens with one attached hydrogen (secondary N) is 1. The summed E-state index contributed by atoms with van der Waals surface area (Å²) >= 11 is 5.12. The molecule has 0 bridgehead atoms. The lowest BCUT2D eigenvalue weighted by Gasteiger charge is -2.03. The average Bonchev–Trinajstić information content (AvgIpc) is 3.08. The van der Waals surface area contributed by atoms with Gasteiger partial charge in [-0.15, -0.1) is 0 Å². The molecule has 5 heteroatoms. The number of ether oxygens (including phenoxy) is 1.